The predicted octanol–water partition coefficient (Wildman–Crippen LogP) is 2.48. The van der Waals surface area contributed by atoms with Crippen molar-refractivity contribution in [2.24, 2.45) is 4.99 Å². The molecule has 1 saturated carbocycles. The van der Waals surface area contributed by atoms with Gasteiger partial charge in [-0.1, -0.05) is 0 Å². The predicted molar refractivity (Wildman–Crippen MR) is 96.0 cm³/mol. The lowest BCUT2D eigenvalue weighted by Crippen LogP contribution is -2.43. The van der Waals surface area contributed by atoms with Gasteiger partial charge in [-0.25, -0.2) is 0 Å². The van der Waals surface area contributed by atoms with Crippen LogP contribution in [-0.2, 0) is 4.74 Å². The fourth-order valence-electron chi connectivity index (χ4n) is 2.20. The molecule has 1 fully saturated rings. The quantitative estimate of drug-likeness (QED) is 0.298. The molecule has 2 N–H and O–H groups in total. The highest BCUT2D eigenvalue weighted by Gasteiger charge is 2.24. The molecule has 0 heterocycles. The van der Waals surface area contributed by atoms with Crippen LogP contribution in [0.3, 0.4) is 0 Å². The Kier molecular flexibility index (Phi) is 12.3. The average Bonchev–Trinajstić information content (AvgIpc) is 2.84. The van der Waals surface area contributed by atoms with Crippen LogP contribution in [0.15, 0.2) is 4.99 Å². The lowest BCUT2D eigenvalue weighted by atomic mass is 10.2. The molecule has 19 heavy (non-hydrogen) atoms. The van der Waals surface area contributed by atoms with Gasteiger partial charge in [0.15, 0.2) is 5.96 Å². The second-order valence-corrected chi connectivity index (χ2v) is 5.70. The third-order valence-electron chi connectivity index (χ3n) is 3.24. The molecular formula is C13H28IN3OS. The van der Waals surface area contributed by atoms with E-state index < -0.39 is 0 Å². The van der Waals surface area contributed by atoms with E-state index in [1.54, 1.807) is 0 Å². The highest BCUT2D eigenvalue weighted by Crippen LogP contribution is 2.27. The summed E-state index contributed by atoms with van der Waals surface area (Å²) < 4.78 is 5.31. The van der Waals surface area contributed by atoms with Crippen molar-refractivity contribution < 1.29 is 4.74 Å². The molecule has 0 aromatic heterocycles. The van der Waals surface area contributed by atoms with Crippen molar-refractivity contribution in [2.75, 3.05) is 33.1 Å². The van der Waals surface area contributed by atoms with E-state index in [0.717, 1.165) is 37.4 Å². The van der Waals surface area contributed by atoms with Crippen molar-refractivity contribution in [1.29, 1.82) is 0 Å². The van der Waals surface area contributed by atoms with Crippen molar-refractivity contribution in [2.45, 2.75) is 43.9 Å². The number of hydrogen-bond acceptors (Lipinski definition) is 3. The molecule has 0 spiro atoms. The van der Waals surface area contributed by atoms with Crippen molar-refractivity contribution in [3.63, 3.8) is 0 Å². The first-order chi connectivity index (χ1) is 8.80. The first kappa shape index (κ1) is 19.3. The van der Waals surface area contributed by atoms with Crippen LogP contribution in [0.1, 0.15) is 32.6 Å². The molecule has 0 bridgehead atoms. The van der Waals surface area contributed by atoms with E-state index in [-0.39, 0.29) is 24.0 Å². The topological polar surface area (TPSA) is 45.6 Å². The average molecular weight is 401 g/mol. The number of guanidine groups is 1. The van der Waals surface area contributed by atoms with E-state index >= 15 is 0 Å². The van der Waals surface area contributed by atoms with Crippen LogP contribution in [0, 0.1) is 0 Å². The molecule has 0 radical (unpaired) electrons. The van der Waals surface area contributed by atoms with Crippen molar-refractivity contribution in [1.82, 2.24) is 10.6 Å². The van der Waals surface area contributed by atoms with Gasteiger partial charge in [0.2, 0.25) is 0 Å². The molecule has 1 aliphatic carbocycles. The van der Waals surface area contributed by atoms with Crippen LogP contribution in [0.2, 0.25) is 0 Å². The number of hydrogen-bond donors (Lipinski definition) is 2. The monoisotopic (exact) mass is 401 g/mol. The fourth-order valence-corrected chi connectivity index (χ4v) is 3.00. The Bertz CT molecular complexity index is 254. The second kappa shape index (κ2) is 12.1. The molecule has 2 unspecified atom stereocenters. The summed E-state index contributed by atoms with van der Waals surface area (Å²) in [6, 6.07) is 0.584. The standard InChI is InChI=1S/C13H27N3OS.HI/c1-4-17-9-5-8-15-13(14-2)16-11-6-7-12(10-11)18-3;/h11-12H,4-10H2,1-3H3,(H2,14,15,16);1H. The van der Waals surface area contributed by atoms with Crippen LogP contribution >= 0.6 is 35.7 Å². The molecule has 1 rings (SSSR count). The maximum Gasteiger partial charge on any atom is 0.191 e. The van der Waals surface area contributed by atoms with Gasteiger partial charge in [0.1, 0.15) is 0 Å². The van der Waals surface area contributed by atoms with E-state index in [1.807, 2.05) is 25.7 Å². The zero-order chi connectivity index (χ0) is 13.2. The Morgan fingerprint density at radius 2 is 2.21 bits per heavy atom. The van der Waals surface area contributed by atoms with E-state index in [4.69, 9.17) is 4.74 Å². The fraction of sp³-hybridized carbons (Fsp3) is 0.923. The van der Waals surface area contributed by atoms with Gasteiger partial charge in [-0.05, 0) is 38.9 Å². The normalized spacial score (nSPS) is 23.0. The highest BCUT2D eigenvalue weighted by atomic mass is 127. The lowest BCUT2D eigenvalue weighted by molar-refractivity contribution is 0.145. The molecule has 114 valence electrons. The minimum Gasteiger partial charge on any atom is -0.382 e. The molecule has 0 saturated heterocycles. The summed E-state index contributed by atoms with van der Waals surface area (Å²) >= 11 is 1.98. The zero-order valence-corrected chi connectivity index (χ0v) is 15.4. The van der Waals surface area contributed by atoms with E-state index in [9.17, 15) is 0 Å². The Balaban J connectivity index is 0.00000324. The van der Waals surface area contributed by atoms with Gasteiger partial charge in [0.25, 0.3) is 0 Å². The Labute approximate surface area is 138 Å². The van der Waals surface area contributed by atoms with Crippen LogP contribution in [-0.4, -0.2) is 50.3 Å². The summed E-state index contributed by atoms with van der Waals surface area (Å²) in [6.45, 7) is 4.55. The number of aliphatic imine (C=N–C) groups is 1. The van der Waals surface area contributed by atoms with E-state index in [0.29, 0.717) is 6.04 Å². The SMILES string of the molecule is CCOCCCNC(=NC)NC1CCC(SC)C1.I. The number of ether oxygens (including phenoxy) is 1. The third kappa shape index (κ3) is 8.24. The zero-order valence-electron chi connectivity index (χ0n) is 12.3. The van der Waals surface area contributed by atoms with Gasteiger partial charge in [0.05, 0.1) is 0 Å². The van der Waals surface area contributed by atoms with Gasteiger partial charge in [-0.15, -0.1) is 24.0 Å². The molecular weight excluding hydrogens is 373 g/mol. The van der Waals surface area contributed by atoms with Crippen LogP contribution in [0.4, 0.5) is 0 Å². The molecule has 2 atom stereocenters. The Hall–Kier alpha value is 0.310. The molecule has 0 aliphatic heterocycles. The lowest BCUT2D eigenvalue weighted by Gasteiger charge is -2.17. The highest BCUT2D eigenvalue weighted by molar-refractivity contribution is 14.0. The Morgan fingerprint density at radius 3 is 2.79 bits per heavy atom. The summed E-state index contributed by atoms with van der Waals surface area (Å²) in [5, 5.41) is 7.66. The van der Waals surface area contributed by atoms with Crippen molar-refractivity contribution in [3.8, 4) is 0 Å². The van der Waals surface area contributed by atoms with Crippen LogP contribution in [0.25, 0.3) is 0 Å². The maximum atomic E-state index is 5.31. The number of rotatable bonds is 7. The smallest absolute Gasteiger partial charge is 0.191 e. The summed E-state index contributed by atoms with van der Waals surface area (Å²) in [4.78, 5) is 4.27. The molecule has 4 nitrogen and oxygen atoms in total. The third-order valence-corrected chi connectivity index (χ3v) is 4.34. The molecule has 0 amide bonds. The molecule has 0 aromatic rings. The summed E-state index contributed by atoms with van der Waals surface area (Å²) in [6.07, 6.45) is 7.05. The van der Waals surface area contributed by atoms with Gasteiger partial charge < -0.3 is 15.4 Å². The van der Waals surface area contributed by atoms with E-state index in [1.165, 1.54) is 19.3 Å². The van der Waals surface area contributed by atoms with Gasteiger partial charge >= 0.3 is 0 Å². The minimum atomic E-state index is 0. The van der Waals surface area contributed by atoms with Crippen molar-refractivity contribution >= 4 is 41.7 Å². The van der Waals surface area contributed by atoms with Gasteiger partial charge in [-0.2, -0.15) is 11.8 Å². The van der Waals surface area contributed by atoms with Gasteiger partial charge in [0, 0.05) is 38.1 Å². The number of nitrogens with one attached hydrogen (secondary N) is 2. The summed E-state index contributed by atoms with van der Waals surface area (Å²) in [5.74, 6) is 0.929. The second-order valence-electron chi connectivity index (χ2n) is 4.56. The summed E-state index contributed by atoms with van der Waals surface area (Å²) in [5.41, 5.74) is 0. The van der Waals surface area contributed by atoms with Crippen molar-refractivity contribution in [3.05, 3.63) is 0 Å². The summed E-state index contributed by atoms with van der Waals surface area (Å²) in [7, 11) is 1.83. The van der Waals surface area contributed by atoms with Crippen LogP contribution in [0.5, 0.6) is 0 Å². The first-order valence-corrected chi connectivity index (χ1v) is 8.16. The largest absolute Gasteiger partial charge is 0.382 e. The number of thioether (sulfide) groups is 1. The Morgan fingerprint density at radius 1 is 1.42 bits per heavy atom. The molecule has 0 aromatic carbocycles. The minimum absolute atomic E-state index is 0. The number of halogens is 1. The first-order valence-electron chi connectivity index (χ1n) is 6.87. The van der Waals surface area contributed by atoms with Gasteiger partial charge in [-0.3, -0.25) is 4.99 Å². The molecule has 6 heteroatoms. The van der Waals surface area contributed by atoms with E-state index in [2.05, 4.69) is 21.9 Å². The number of nitrogens with zero attached hydrogens (tertiary/aromatic N) is 1. The maximum absolute atomic E-state index is 5.31. The molecule has 1 aliphatic rings. The van der Waals surface area contributed by atoms with Crippen LogP contribution < -0.4 is 10.6 Å².